The van der Waals surface area contributed by atoms with Crippen molar-refractivity contribution in [3.8, 4) is 0 Å². The number of carbonyl (C=O) groups is 2. The van der Waals surface area contributed by atoms with E-state index in [1.807, 2.05) is 13.8 Å². The number of ether oxygens (including phenoxy) is 1. The van der Waals surface area contributed by atoms with E-state index in [2.05, 4.69) is 0 Å². The molecule has 0 fully saturated rings. The molecule has 2 rings (SSSR count). The molecule has 0 spiro atoms. The highest BCUT2D eigenvalue weighted by atomic mass is 32.2. The van der Waals surface area contributed by atoms with E-state index < -0.39 is 21.8 Å². The maximum absolute atomic E-state index is 13.0. The van der Waals surface area contributed by atoms with Crippen molar-refractivity contribution in [1.82, 2.24) is 4.31 Å². The van der Waals surface area contributed by atoms with Gasteiger partial charge in [0.25, 0.3) is 10.0 Å². The Kier molecular flexibility index (Phi) is 6.58. The lowest BCUT2D eigenvalue weighted by Crippen LogP contribution is -2.38. The molecule has 0 radical (unpaired) electrons. The summed E-state index contributed by atoms with van der Waals surface area (Å²) < 4.78 is 32.7. The summed E-state index contributed by atoms with van der Waals surface area (Å²) in [6.07, 6.45) is 3.08. The van der Waals surface area contributed by atoms with Crippen LogP contribution in [0.2, 0.25) is 0 Å². The number of carbonyl (C=O) groups excluding carboxylic acids is 2. The smallest absolute Gasteiger partial charge is 0.311 e. The monoisotopic (exact) mass is 379 g/mol. The molecule has 0 aliphatic carbocycles. The number of allylic oxidation sites excluding steroid dienone is 1. The summed E-state index contributed by atoms with van der Waals surface area (Å²) in [6, 6.07) is 6.31. The number of esters is 1. The Bertz CT molecular complexity index is 826. The Hall–Kier alpha value is -2.15. The number of nitrogens with zero attached hydrogens (tertiary/aromatic N) is 1. The second-order valence-corrected chi connectivity index (χ2v) is 8.07. The molecule has 1 aliphatic rings. The summed E-state index contributed by atoms with van der Waals surface area (Å²) in [5.74, 6) is -0.872. The quantitative estimate of drug-likeness (QED) is 0.646. The summed E-state index contributed by atoms with van der Waals surface area (Å²) in [5.41, 5.74) is 0.192. The minimum atomic E-state index is -3.87. The van der Waals surface area contributed by atoms with Gasteiger partial charge >= 0.3 is 5.97 Å². The number of benzene rings is 1. The minimum absolute atomic E-state index is 0.0418. The van der Waals surface area contributed by atoms with Crippen molar-refractivity contribution in [2.45, 2.75) is 57.8 Å². The van der Waals surface area contributed by atoms with Crippen molar-refractivity contribution in [3.63, 3.8) is 0 Å². The zero-order valence-electron chi connectivity index (χ0n) is 15.4. The standard InChI is InChI=1S/C19H25NO5S/c1-4-6-12-17(22)25-19-15-10-8-9-11-16(15)26(23,24)20(13-7-5-2)18(19)14(3)21/h8-11H,4-7,12-13H2,1-3H3. The molecule has 0 saturated heterocycles. The van der Waals surface area contributed by atoms with Crippen LogP contribution in [0.4, 0.5) is 0 Å². The van der Waals surface area contributed by atoms with Gasteiger partial charge in [-0.3, -0.25) is 13.9 Å². The van der Waals surface area contributed by atoms with Gasteiger partial charge in [-0.05, 0) is 25.0 Å². The normalized spacial score (nSPS) is 15.6. The Balaban J connectivity index is 2.62. The van der Waals surface area contributed by atoms with E-state index in [1.54, 1.807) is 18.2 Å². The number of fused-ring (bicyclic) bond motifs is 1. The Morgan fingerprint density at radius 3 is 2.35 bits per heavy atom. The Morgan fingerprint density at radius 1 is 1.08 bits per heavy atom. The van der Waals surface area contributed by atoms with Crippen molar-refractivity contribution in [1.29, 1.82) is 0 Å². The molecule has 0 atom stereocenters. The summed E-state index contributed by atoms with van der Waals surface area (Å²) in [7, 11) is -3.87. The highest BCUT2D eigenvalue weighted by Crippen LogP contribution is 2.38. The second kappa shape index (κ2) is 8.49. The van der Waals surface area contributed by atoms with E-state index in [-0.39, 0.29) is 34.9 Å². The van der Waals surface area contributed by atoms with Crippen LogP contribution in [0.15, 0.2) is 34.9 Å². The van der Waals surface area contributed by atoms with E-state index in [0.29, 0.717) is 12.8 Å². The van der Waals surface area contributed by atoms with Crippen LogP contribution in [0.5, 0.6) is 0 Å². The van der Waals surface area contributed by atoms with E-state index in [4.69, 9.17) is 4.74 Å². The predicted octanol–water partition coefficient (Wildman–Crippen LogP) is 3.48. The first-order valence-electron chi connectivity index (χ1n) is 8.92. The summed E-state index contributed by atoms with van der Waals surface area (Å²) in [4.78, 5) is 24.6. The molecular formula is C19H25NO5S. The number of hydrogen-bond donors (Lipinski definition) is 0. The van der Waals surface area contributed by atoms with Crippen molar-refractivity contribution < 1.29 is 22.7 Å². The zero-order chi connectivity index (χ0) is 19.3. The summed E-state index contributed by atoms with van der Waals surface area (Å²) in [6.45, 7) is 5.35. The number of hydrogen-bond acceptors (Lipinski definition) is 5. The number of ketones is 1. The van der Waals surface area contributed by atoms with Crippen LogP contribution >= 0.6 is 0 Å². The highest BCUT2D eigenvalue weighted by molar-refractivity contribution is 7.89. The zero-order valence-corrected chi connectivity index (χ0v) is 16.3. The summed E-state index contributed by atoms with van der Waals surface area (Å²) in [5, 5.41) is 0. The molecule has 0 saturated carbocycles. The molecular weight excluding hydrogens is 354 g/mol. The first-order valence-corrected chi connectivity index (χ1v) is 10.4. The molecule has 0 unspecified atom stereocenters. The van der Waals surface area contributed by atoms with Crippen LogP contribution in [0.3, 0.4) is 0 Å². The maximum atomic E-state index is 13.0. The molecule has 6 nitrogen and oxygen atoms in total. The first kappa shape index (κ1) is 20.2. The number of unbranched alkanes of at least 4 members (excludes halogenated alkanes) is 2. The molecule has 26 heavy (non-hydrogen) atoms. The molecule has 0 N–H and O–H groups in total. The molecule has 1 aromatic carbocycles. The average Bonchev–Trinajstić information content (AvgIpc) is 2.60. The predicted molar refractivity (Wildman–Crippen MR) is 98.5 cm³/mol. The Morgan fingerprint density at radius 2 is 1.73 bits per heavy atom. The van der Waals surface area contributed by atoms with Crippen LogP contribution in [-0.2, 0) is 24.3 Å². The topological polar surface area (TPSA) is 80.8 Å². The van der Waals surface area contributed by atoms with Crippen LogP contribution in [0, 0.1) is 0 Å². The summed E-state index contributed by atoms with van der Waals surface area (Å²) >= 11 is 0. The molecule has 0 aromatic heterocycles. The van der Waals surface area contributed by atoms with Crippen LogP contribution in [0.25, 0.3) is 5.76 Å². The fraction of sp³-hybridized carbons (Fsp3) is 0.474. The van der Waals surface area contributed by atoms with Gasteiger partial charge in [-0.25, -0.2) is 8.42 Å². The average molecular weight is 379 g/mol. The highest BCUT2D eigenvalue weighted by Gasteiger charge is 2.39. The first-order chi connectivity index (χ1) is 12.3. The third kappa shape index (κ3) is 3.98. The molecule has 142 valence electrons. The van der Waals surface area contributed by atoms with Crippen LogP contribution in [0.1, 0.15) is 58.4 Å². The van der Waals surface area contributed by atoms with E-state index in [0.717, 1.165) is 17.1 Å². The van der Waals surface area contributed by atoms with Crippen molar-refractivity contribution >= 4 is 27.5 Å². The molecule has 1 aliphatic heterocycles. The van der Waals surface area contributed by atoms with Gasteiger partial charge in [0.15, 0.2) is 11.5 Å². The lowest BCUT2D eigenvalue weighted by molar-refractivity contribution is -0.136. The van der Waals surface area contributed by atoms with Gasteiger partial charge in [0.1, 0.15) is 5.70 Å². The van der Waals surface area contributed by atoms with Crippen LogP contribution < -0.4 is 0 Å². The SMILES string of the molecule is CCCCC(=O)OC1=C(C(C)=O)N(CCCC)S(=O)(=O)c2ccccc21. The largest absolute Gasteiger partial charge is 0.423 e. The minimum Gasteiger partial charge on any atom is -0.423 e. The second-order valence-electron chi connectivity index (χ2n) is 6.24. The van der Waals surface area contributed by atoms with E-state index in [9.17, 15) is 18.0 Å². The molecule has 0 bridgehead atoms. The van der Waals surface area contributed by atoms with Gasteiger partial charge in [0, 0.05) is 25.5 Å². The van der Waals surface area contributed by atoms with Gasteiger partial charge < -0.3 is 4.74 Å². The van der Waals surface area contributed by atoms with Crippen LogP contribution in [-0.4, -0.2) is 31.0 Å². The third-order valence-corrected chi connectivity index (χ3v) is 6.02. The third-order valence-electron chi connectivity index (χ3n) is 4.16. The van der Waals surface area contributed by atoms with E-state index in [1.165, 1.54) is 13.0 Å². The van der Waals surface area contributed by atoms with Crippen molar-refractivity contribution in [2.75, 3.05) is 6.54 Å². The number of sulfonamides is 1. The molecule has 1 heterocycles. The molecule has 1 aromatic rings. The maximum Gasteiger partial charge on any atom is 0.311 e. The lowest BCUT2D eigenvalue weighted by atomic mass is 10.1. The van der Waals surface area contributed by atoms with Crippen molar-refractivity contribution in [2.24, 2.45) is 0 Å². The van der Waals surface area contributed by atoms with E-state index >= 15 is 0 Å². The van der Waals surface area contributed by atoms with Gasteiger partial charge in [-0.15, -0.1) is 0 Å². The van der Waals surface area contributed by atoms with Crippen molar-refractivity contribution in [3.05, 3.63) is 35.5 Å². The van der Waals surface area contributed by atoms with Gasteiger partial charge in [-0.1, -0.05) is 38.8 Å². The number of rotatable bonds is 8. The number of Topliss-reactive ketones (excluding diaryl/α,β-unsaturated/α-hetero) is 1. The van der Waals surface area contributed by atoms with Gasteiger partial charge in [0.05, 0.1) is 4.90 Å². The fourth-order valence-corrected chi connectivity index (χ4v) is 4.57. The lowest BCUT2D eigenvalue weighted by Gasteiger charge is -2.32. The Labute approximate surface area is 154 Å². The van der Waals surface area contributed by atoms with Gasteiger partial charge in [-0.2, -0.15) is 0 Å². The fourth-order valence-electron chi connectivity index (χ4n) is 2.82. The molecule has 7 heteroatoms. The molecule has 0 amide bonds. The van der Waals surface area contributed by atoms with Gasteiger partial charge in [0.2, 0.25) is 0 Å².